The summed E-state index contributed by atoms with van der Waals surface area (Å²) in [6.07, 6.45) is 6.64. The Labute approximate surface area is 293 Å². The summed E-state index contributed by atoms with van der Waals surface area (Å²) in [6.45, 7) is 4.90. The van der Waals surface area contributed by atoms with Gasteiger partial charge < -0.3 is 4.57 Å². The highest BCUT2D eigenvalue weighted by Crippen LogP contribution is 2.54. The van der Waals surface area contributed by atoms with Crippen LogP contribution in [0, 0.1) is 29.1 Å². The lowest BCUT2D eigenvalue weighted by Gasteiger charge is -2.50. The molecule has 2 unspecified atom stereocenters. The molecule has 0 radical (unpaired) electrons. The van der Waals surface area contributed by atoms with Crippen LogP contribution >= 0.6 is 0 Å². The molecule has 2 aliphatic rings. The van der Waals surface area contributed by atoms with Gasteiger partial charge in [-0.25, -0.2) is 15.0 Å². The van der Waals surface area contributed by atoms with Gasteiger partial charge in [0.25, 0.3) is 0 Å². The van der Waals surface area contributed by atoms with Crippen LogP contribution in [0.25, 0.3) is 61.7 Å². The molecule has 2 fully saturated rings. The number of nitriles is 1. The fourth-order valence-electron chi connectivity index (χ4n) is 9.46. The molecule has 0 saturated heterocycles. The predicted molar refractivity (Wildman–Crippen MR) is 202 cm³/mol. The van der Waals surface area contributed by atoms with Crippen LogP contribution in [-0.4, -0.2) is 19.5 Å². The Kier molecular flexibility index (Phi) is 7.35. The van der Waals surface area contributed by atoms with Gasteiger partial charge in [0.15, 0.2) is 17.5 Å². The molecule has 0 N–H and O–H groups in total. The van der Waals surface area contributed by atoms with E-state index in [1.807, 2.05) is 42.5 Å². The minimum absolute atomic E-state index is 0.282. The smallest absolute Gasteiger partial charge is 0.164 e. The van der Waals surface area contributed by atoms with Gasteiger partial charge in [-0.15, -0.1) is 0 Å². The molecule has 4 atom stereocenters. The van der Waals surface area contributed by atoms with E-state index in [-0.39, 0.29) is 5.41 Å². The van der Waals surface area contributed by atoms with E-state index >= 15 is 0 Å². The van der Waals surface area contributed by atoms with Crippen molar-refractivity contribution in [1.29, 1.82) is 5.26 Å². The van der Waals surface area contributed by atoms with Crippen molar-refractivity contribution >= 4 is 21.8 Å². The van der Waals surface area contributed by atoms with Gasteiger partial charge in [-0.3, -0.25) is 0 Å². The van der Waals surface area contributed by atoms with Gasteiger partial charge in [0.1, 0.15) is 0 Å². The van der Waals surface area contributed by atoms with E-state index in [1.54, 1.807) is 0 Å². The fraction of sp³-hybridized carbons (Fsp3) is 0.244. The molecule has 2 aromatic heterocycles. The Morgan fingerprint density at radius 3 is 1.86 bits per heavy atom. The molecule has 50 heavy (non-hydrogen) atoms. The van der Waals surface area contributed by atoms with Crippen molar-refractivity contribution in [2.75, 3.05) is 0 Å². The lowest BCUT2D eigenvalue weighted by molar-refractivity contribution is 0.0780. The molecular formula is C45H39N5. The zero-order valence-electron chi connectivity index (χ0n) is 28.6. The van der Waals surface area contributed by atoms with Crippen molar-refractivity contribution in [2.24, 2.45) is 17.8 Å². The number of benzene rings is 5. The predicted octanol–water partition coefficient (Wildman–Crippen LogP) is 10.9. The molecule has 2 heterocycles. The van der Waals surface area contributed by atoms with Crippen LogP contribution in [0.15, 0.2) is 121 Å². The lowest BCUT2D eigenvalue weighted by atomic mass is 9.54. The molecule has 5 nitrogen and oxygen atoms in total. The largest absolute Gasteiger partial charge is 0.309 e. The van der Waals surface area contributed by atoms with Crippen molar-refractivity contribution in [3.05, 3.63) is 132 Å². The second-order valence-corrected chi connectivity index (χ2v) is 14.9. The molecule has 9 rings (SSSR count). The molecule has 7 aromatic rings. The van der Waals surface area contributed by atoms with E-state index in [9.17, 15) is 5.26 Å². The van der Waals surface area contributed by atoms with Crippen LogP contribution in [0.1, 0.15) is 57.1 Å². The van der Waals surface area contributed by atoms with E-state index in [0.717, 1.165) is 61.9 Å². The van der Waals surface area contributed by atoms with Crippen LogP contribution in [0.2, 0.25) is 0 Å². The number of para-hydroxylation sites is 1. The first-order chi connectivity index (χ1) is 24.5. The maximum absolute atomic E-state index is 9.37. The van der Waals surface area contributed by atoms with Gasteiger partial charge in [-0.1, -0.05) is 86.6 Å². The summed E-state index contributed by atoms with van der Waals surface area (Å²) in [5.41, 5.74) is 8.52. The summed E-state index contributed by atoms with van der Waals surface area (Å²) < 4.78 is 2.26. The number of nitrogens with zero attached hydrogens (tertiary/aromatic N) is 5. The maximum atomic E-state index is 9.37. The summed E-state index contributed by atoms with van der Waals surface area (Å²) in [4.78, 5) is 15.2. The van der Waals surface area contributed by atoms with Crippen molar-refractivity contribution in [3.63, 3.8) is 0 Å². The highest BCUT2D eigenvalue weighted by Gasteiger charge is 2.45. The van der Waals surface area contributed by atoms with Crippen molar-refractivity contribution in [1.82, 2.24) is 19.5 Å². The summed E-state index contributed by atoms with van der Waals surface area (Å²) in [6, 6.07) is 44.3. The second-order valence-electron chi connectivity index (χ2n) is 14.9. The third-order valence-corrected chi connectivity index (χ3v) is 11.2. The minimum Gasteiger partial charge on any atom is -0.309 e. The summed E-state index contributed by atoms with van der Waals surface area (Å²) >= 11 is 0. The first-order valence-electron chi connectivity index (χ1n) is 17.9. The van der Waals surface area contributed by atoms with Crippen LogP contribution < -0.4 is 0 Å². The Hall–Kier alpha value is -5.60. The Bertz CT molecular complexity index is 2380. The van der Waals surface area contributed by atoms with E-state index in [2.05, 4.69) is 103 Å². The van der Waals surface area contributed by atoms with Gasteiger partial charge in [-0.05, 0) is 109 Å². The van der Waals surface area contributed by atoms with E-state index in [4.69, 9.17) is 15.0 Å². The van der Waals surface area contributed by atoms with Gasteiger partial charge in [0, 0.05) is 33.2 Å². The third kappa shape index (κ3) is 5.27. The zero-order chi connectivity index (χ0) is 33.8. The highest BCUT2D eigenvalue weighted by molar-refractivity contribution is 6.10. The summed E-state index contributed by atoms with van der Waals surface area (Å²) in [5.74, 6) is 4.39. The normalized spacial score (nSPS) is 21.7. The quantitative estimate of drug-likeness (QED) is 0.186. The number of aromatic nitrogens is 4. The van der Waals surface area contributed by atoms with Gasteiger partial charge in [0.05, 0.1) is 22.7 Å². The van der Waals surface area contributed by atoms with Gasteiger partial charge in [0.2, 0.25) is 0 Å². The molecule has 5 heteroatoms. The number of fused-ring (bicyclic) bond motifs is 5. The summed E-state index contributed by atoms with van der Waals surface area (Å²) in [5, 5.41) is 11.6. The third-order valence-electron chi connectivity index (χ3n) is 11.2. The molecule has 2 saturated carbocycles. The number of rotatable bonds is 5. The van der Waals surface area contributed by atoms with Crippen molar-refractivity contribution in [2.45, 2.75) is 51.4 Å². The van der Waals surface area contributed by atoms with E-state index in [0.29, 0.717) is 23.0 Å². The maximum Gasteiger partial charge on any atom is 0.164 e. The van der Waals surface area contributed by atoms with Gasteiger partial charge >= 0.3 is 0 Å². The first kappa shape index (κ1) is 30.5. The highest BCUT2D eigenvalue weighted by atomic mass is 15.0. The van der Waals surface area contributed by atoms with Crippen LogP contribution in [0.5, 0.6) is 0 Å². The average molecular weight is 650 g/mol. The monoisotopic (exact) mass is 649 g/mol. The lowest BCUT2D eigenvalue weighted by Crippen LogP contribution is -2.42. The topological polar surface area (TPSA) is 67.4 Å². The Morgan fingerprint density at radius 2 is 1.18 bits per heavy atom. The standard InChI is InChI=1S/C45H39N5/c1-29-22-32-23-30(2)26-45(25-29,27-32)36-17-14-34(15-18-36)43-47-42(33-8-4-3-5-9-33)48-44(49-43)35-16-21-41-39(24-35)38-10-6-7-11-40(38)50(41)37-19-12-31(28-46)13-20-37/h3-21,24,29-30,32H,22-23,25-27H2,1-2H3/t29-,30+,32?,45?. The second kappa shape index (κ2) is 12.1. The molecule has 2 bridgehead atoms. The van der Waals surface area contributed by atoms with E-state index in [1.165, 1.54) is 37.7 Å². The molecule has 0 amide bonds. The minimum atomic E-state index is 0.282. The Morgan fingerprint density at radius 1 is 0.600 bits per heavy atom. The molecule has 0 aliphatic heterocycles. The molecule has 0 spiro atoms. The van der Waals surface area contributed by atoms with Crippen molar-refractivity contribution < 1.29 is 0 Å². The van der Waals surface area contributed by atoms with Crippen molar-refractivity contribution in [3.8, 4) is 45.9 Å². The average Bonchev–Trinajstić information content (AvgIpc) is 3.48. The molecule has 5 aromatic carbocycles. The van der Waals surface area contributed by atoms with Gasteiger partial charge in [-0.2, -0.15) is 5.26 Å². The number of hydrogen-bond acceptors (Lipinski definition) is 4. The van der Waals surface area contributed by atoms with Crippen LogP contribution in [0.3, 0.4) is 0 Å². The fourth-order valence-corrected chi connectivity index (χ4v) is 9.46. The molecule has 244 valence electrons. The van der Waals surface area contributed by atoms with E-state index < -0.39 is 0 Å². The summed E-state index contributed by atoms with van der Waals surface area (Å²) in [7, 11) is 0. The first-order valence-corrected chi connectivity index (χ1v) is 17.9. The Balaban J connectivity index is 1.16. The molecular weight excluding hydrogens is 611 g/mol. The van der Waals surface area contributed by atoms with Crippen LogP contribution in [0.4, 0.5) is 0 Å². The van der Waals surface area contributed by atoms with Crippen LogP contribution in [-0.2, 0) is 5.41 Å². The SMILES string of the molecule is C[C@@H]1CC2C[C@H](C)CC(c3ccc(-c4nc(-c5ccccc5)nc(-c5ccc6c(c5)c5ccccc5n6-c5ccc(C#N)cc5)n4)cc3)(C2)C1. The molecule has 2 aliphatic carbocycles. The zero-order valence-corrected chi connectivity index (χ0v) is 28.6. The number of hydrogen-bond donors (Lipinski definition) is 0.